The van der Waals surface area contributed by atoms with E-state index in [1.807, 2.05) is 13.8 Å². The smallest absolute Gasteiger partial charge is 0.264 e. The first-order valence-corrected chi connectivity index (χ1v) is 14.4. The zero-order valence-electron chi connectivity index (χ0n) is 22.5. The molecule has 3 aromatic rings. The molecule has 2 amide bonds. The fourth-order valence-corrected chi connectivity index (χ4v) is 5.37. The van der Waals surface area contributed by atoms with Crippen LogP contribution in [0.15, 0.2) is 83.8 Å². The molecule has 10 heteroatoms. The third kappa shape index (κ3) is 7.74. The van der Waals surface area contributed by atoms with Crippen molar-refractivity contribution in [2.24, 2.45) is 0 Å². The number of carbonyl (C=O) groups is 2. The summed E-state index contributed by atoms with van der Waals surface area (Å²) in [6.45, 7) is 5.07. The maximum atomic E-state index is 13.9. The number of ether oxygens (including phenoxy) is 1. The Morgan fingerprint density at radius 2 is 1.56 bits per heavy atom. The van der Waals surface area contributed by atoms with Crippen LogP contribution in [0.1, 0.15) is 32.8 Å². The van der Waals surface area contributed by atoms with Crippen molar-refractivity contribution >= 4 is 39.1 Å². The lowest BCUT2D eigenvalue weighted by Crippen LogP contribution is -2.52. The summed E-state index contributed by atoms with van der Waals surface area (Å²) in [7, 11) is -2.58. The molecule has 0 saturated carbocycles. The SMILES string of the molecule is CCC(C)NC(=O)C(C)N(Cc1ccc(OC)cc1)C(=O)CN(c1ccccc1)S(=O)(=O)c1ccc(Cl)cc1. The molecule has 2 unspecified atom stereocenters. The van der Waals surface area contributed by atoms with Gasteiger partial charge in [0, 0.05) is 17.6 Å². The van der Waals surface area contributed by atoms with Crippen LogP contribution in [0, 0.1) is 0 Å². The molecular weight excluding hydrogens is 538 g/mol. The molecule has 8 nitrogen and oxygen atoms in total. The number of methoxy groups -OCH3 is 1. The predicted molar refractivity (Wildman–Crippen MR) is 153 cm³/mol. The van der Waals surface area contributed by atoms with Crippen molar-refractivity contribution in [3.63, 3.8) is 0 Å². The molecular formula is C29H34ClN3O5S. The minimum absolute atomic E-state index is 0.00665. The zero-order valence-corrected chi connectivity index (χ0v) is 24.1. The standard InChI is InChI=1S/C29H34ClN3O5S/c1-5-21(2)31-29(35)22(3)32(19-23-11-15-26(38-4)16-12-23)28(34)20-33(25-9-7-6-8-10-25)39(36,37)27-17-13-24(30)14-18-27/h6-18,21-22H,5,19-20H2,1-4H3,(H,31,35). The van der Waals surface area contributed by atoms with E-state index in [-0.39, 0.29) is 23.4 Å². The lowest BCUT2D eigenvalue weighted by molar-refractivity contribution is -0.139. The highest BCUT2D eigenvalue weighted by atomic mass is 35.5. The molecule has 0 fully saturated rings. The van der Waals surface area contributed by atoms with Gasteiger partial charge >= 0.3 is 0 Å². The second-order valence-corrected chi connectivity index (χ2v) is 11.5. The molecule has 0 bridgehead atoms. The molecule has 0 aromatic heterocycles. The van der Waals surface area contributed by atoms with E-state index in [1.54, 1.807) is 68.6 Å². The summed E-state index contributed by atoms with van der Waals surface area (Å²) < 4.78 is 33.8. The monoisotopic (exact) mass is 571 g/mol. The van der Waals surface area contributed by atoms with E-state index in [0.717, 1.165) is 16.3 Å². The van der Waals surface area contributed by atoms with Crippen LogP contribution in [0.3, 0.4) is 0 Å². The van der Waals surface area contributed by atoms with Gasteiger partial charge in [-0.25, -0.2) is 8.42 Å². The molecule has 0 heterocycles. The van der Waals surface area contributed by atoms with E-state index in [9.17, 15) is 18.0 Å². The number of nitrogens with one attached hydrogen (secondary N) is 1. The molecule has 0 aliphatic rings. The van der Waals surface area contributed by atoms with E-state index in [4.69, 9.17) is 16.3 Å². The van der Waals surface area contributed by atoms with E-state index in [2.05, 4.69) is 5.32 Å². The van der Waals surface area contributed by atoms with Gasteiger partial charge in [-0.1, -0.05) is 48.9 Å². The van der Waals surface area contributed by atoms with Gasteiger partial charge in [0.15, 0.2) is 0 Å². The van der Waals surface area contributed by atoms with Gasteiger partial charge in [0.05, 0.1) is 17.7 Å². The highest BCUT2D eigenvalue weighted by Gasteiger charge is 2.32. The predicted octanol–water partition coefficient (Wildman–Crippen LogP) is 4.88. The molecule has 39 heavy (non-hydrogen) atoms. The van der Waals surface area contributed by atoms with Gasteiger partial charge in [-0.15, -0.1) is 0 Å². The number of sulfonamides is 1. The minimum atomic E-state index is -4.14. The van der Waals surface area contributed by atoms with Crippen LogP contribution in [-0.2, 0) is 26.2 Å². The number of benzene rings is 3. The zero-order chi connectivity index (χ0) is 28.6. The van der Waals surface area contributed by atoms with Crippen LogP contribution in [-0.4, -0.2) is 50.9 Å². The minimum Gasteiger partial charge on any atom is -0.497 e. The highest BCUT2D eigenvalue weighted by molar-refractivity contribution is 7.92. The maximum Gasteiger partial charge on any atom is 0.264 e. The Morgan fingerprint density at radius 3 is 2.13 bits per heavy atom. The fraction of sp³-hybridized carbons (Fsp3) is 0.310. The summed E-state index contributed by atoms with van der Waals surface area (Å²) in [5.74, 6) is -0.194. The van der Waals surface area contributed by atoms with Gasteiger partial charge in [-0.2, -0.15) is 0 Å². The maximum absolute atomic E-state index is 13.9. The van der Waals surface area contributed by atoms with Gasteiger partial charge < -0.3 is 15.0 Å². The van der Waals surface area contributed by atoms with Gasteiger partial charge in [0.1, 0.15) is 18.3 Å². The Balaban J connectivity index is 1.99. The Bertz CT molecular complexity index is 1350. The topological polar surface area (TPSA) is 96.0 Å². The first kappa shape index (κ1) is 30.0. The summed E-state index contributed by atoms with van der Waals surface area (Å²) in [6, 6.07) is 20.4. The summed E-state index contributed by atoms with van der Waals surface area (Å²) >= 11 is 5.98. The van der Waals surface area contributed by atoms with E-state index >= 15 is 0 Å². The van der Waals surface area contributed by atoms with Crippen molar-refractivity contribution in [2.45, 2.75) is 50.7 Å². The van der Waals surface area contributed by atoms with Crippen molar-refractivity contribution in [3.8, 4) is 5.75 Å². The molecule has 0 saturated heterocycles. The van der Waals surface area contributed by atoms with Gasteiger partial charge in [0.2, 0.25) is 11.8 Å². The van der Waals surface area contributed by atoms with Crippen molar-refractivity contribution in [3.05, 3.63) is 89.4 Å². The fourth-order valence-electron chi connectivity index (χ4n) is 3.83. The summed E-state index contributed by atoms with van der Waals surface area (Å²) in [4.78, 5) is 28.4. The molecule has 0 spiro atoms. The quantitative estimate of drug-likeness (QED) is 0.334. The third-order valence-corrected chi connectivity index (χ3v) is 8.45. The number of halogens is 1. The molecule has 2 atom stereocenters. The normalized spacial score (nSPS) is 12.7. The Kier molecular flexibility index (Phi) is 10.4. The van der Waals surface area contributed by atoms with E-state index in [0.29, 0.717) is 16.5 Å². The molecule has 208 valence electrons. The van der Waals surface area contributed by atoms with Gasteiger partial charge in [-0.05, 0) is 74.4 Å². The lowest BCUT2D eigenvalue weighted by Gasteiger charge is -2.32. The molecule has 1 N–H and O–H groups in total. The molecule has 0 radical (unpaired) electrons. The summed E-state index contributed by atoms with van der Waals surface area (Å²) in [5.41, 5.74) is 1.08. The molecule has 3 aromatic carbocycles. The van der Waals surface area contributed by atoms with E-state index in [1.165, 1.54) is 29.2 Å². The number of anilines is 1. The Labute approximate surface area is 235 Å². The number of nitrogens with zero attached hydrogens (tertiary/aromatic N) is 2. The third-order valence-electron chi connectivity index (χ3n) is 6.40. The number of carbonyl (C=O) groups excluding carboxylic acids is 2. The molecule has 0 aliphatic heterocycles. The van der Waals surface area contributed by atoms with Crippen LogP contribution in [0.5, 0.6) is 5.75 Å². The first-order chi connectivity index (χ1) is 18.6. The van der Waals surface area contributed by atoms with Crippen LogP contribution in [0.4, 0.5) is 5.69 Å². The number of hydrogen-bond acceptors (Lipinski definition) is 5. The summed E-state index contributed by atoms with van der Waals surface area (Å²) in [5, 5.41) is 3.31. The molecule has 3 rings (SSSR count). The van der Waals surface area contributed by atoms with Crippen molar-refractivity contribution in [1.82, 2.24) is 10.2 Å². The van der Waals surface area contributed by atoms with Gasteiger partial charge in [0.25, 0.3) is 10.0 Å². The largest absolute Gasteiger partial charge is 0.497 e. The van der Waals surface area contributed by atoms with Gasteiger partial charge in [-0.3, -0.25) is 13.9 Å². The second-order valence-electron chi connectivity index (χ2n) is 9.16. The molecule has 0 aliphatic carbocycles. The number of rotatable bonds is 12. The average Bonchev–Trinajstić information content (AvgIpc) is 2.94. The Hall–Kier alpha value is -3.56. The van der Waals surface area contributed by atoms with Crippen molar-refractivity contribution in [1.29, 1.82) is 0 Å². The van der Waals surface area contributed by atoms with Crippen LogP contribution >= 0.6 is 11.6 Å². The first-order valence-electron chi connectivity index (χ1n) is 12.6. The summed E-state index contributed by atoms with van der Waals surface area (Å²) in [6.07, 6.45) is 0.728. The number of hydrogen-bond donors (Lipinski definition) is 1. The number of para-hydroxylation sites is 1. The van der Waals surface area contributed by atoms with Crippen LogP contribution in [0.2, 0.25) is 5.02 Å². The second kappa shape index (κ2) is 13.5. The number of amides is 2. The lowest BCUT2D eigenvalue weighted by atomic mass is 10.1. The van der Waals surface area contributed by atoms with Crippen LogP contribution in [0.25, 0.3) is 0 Å². The highest BCUT2D eigenvalue weighted by Crippen LogP contribution is 2.25. The van der Waals surface area contributed by atoms with Crippen LogP contribution < -0.4 is 14.4 Å². The average molecular weight is 572 g/mol. The van der Waals surface area contributed by atoms with Crippen molar-refractivity contribution in [2.75, 3.05) is 18.0 Å². The van der Waals surface area contributed by atoms with E-state index < -0.39 is 28.5 Å². The van der Waals surface area contributed by atoms with Crippen molar-refractivity contribution < 1.29 is 22.7 Å². The Morgan fingerprint density at radius 1 is 0.949 bits per heavy atom.